The van der Waals surface area contributed by atoms with Gasteiger partial charge in [-0.25, -0.2) is 0 Å². The molecule has 5 heteroatoms. The summed E-state index contributed by atoms with van der Waals surface area (Å²) in [5.74, 6) is -0.102. The molecule has 4 nitrogen and oxygen atoms in total. The van der Waals surface area contributed by atoms with E-state index < -0.39 is 0 Å². The molecule has 0 radical (unpaired) electrons. The highest BCUT2D eigenvalue weighted by atomic mass is 79.9. The Morgan fingerprint density at radius 2 is 2.05 bits per heavy atom. The summed E-state index contributed by atoms with van der Waals surface area (Å²) >= 11 is 3.35. The summed E-state index contributed by atoms with van der Waals surface area (Å²) in [4.78, 5) is 25.5. The minimum atomic E-state index is -0.172. The van der Waals surface area contributed by atoms with E-state index in [4.69, 9.17) is 0 Å². The number of likely N-dealkylation sites (N-methyl/N-ethyl adjacent to an activating group) is 1. The minimum Gasteiger partial charge on any atom is -0.322 e. The molecule has 3 rings (SSSR count). The van der Waals surface area contributed by atoms with Gasteiger partial charge in [0.25, 0.3) is 5.91 Å². The van der Waals surface area contributed by atoms with Gasteiger partial charge in [0.15, 0.2) is 0 Å². The second-order valence-corrected chi connectivity index (χ2v) is 5.85. The Kier molecular flexibility index (Phi) is 3.51. The van der Waals surface area contributed by atoms with Crippen molar-refractivity contribution in [2.24, 2.45) is 0 Å². The van der Waals surface area contributed by atoms with Crippen LogP contribution < -0.4 is 10.2 Å². The van der Waals surface area contributed by atoms with Crippen molar-refractivity contribution in [1.29, 1.82) is 0 Å². The lowest BCUT2D eigenvalue weighted by molar-refractivity contribution is -0.117. The molecule has 2 amide bonds. The van der Waals surface area contributed by atoms with Crippen molar-refractivity contribution < 1.29 is 9.59 Å². The fraction of sp³-hybridized carbons (Fsp3) is 0.125. The number of carbonyl (C=O) groups is 2. The normalized spacial score (nSPS) is 13.2. The van der Waals surface area contributed by atoms with E-state index in [1.54, 1.807) is 24.1 Å². The smallest absolute Gasteiger partial charge is 0.255 e. The second-order valence-electron chi connectivity index (χ2n) is 4.94. The molecule has 1 aliphatic heterocycles. The molecule has 0 aliphatic carbocycles. The number of anilines is 2. The van der Waals surface area contributed by atoms with Crippen LogP contribution in [0.1, 0.15) is 15.9 Å². The molecule has 106 valence electrons. The third-order valence-corrected chi connectivity index (χ3v) is 3.99. The fourth-order valence-corrected chi connectivity index (χ4v) is 2.78. The summed E-state index contributed by atoms with van der Waals surface area (Å²) in [6.07, 6.45) is 0.381. The zero-order valence-electron chi connectivity index (χ0n) is 11.4. The van der Waals surface area contributed by atoms with Gasteiger partial charge in [0.1, 0.15) is 0 Å². The Balaban J connectivity index is 1.82. The van der Waals surface area contributed by atoms with Gasteiger partial charge in [0, 0.05) is 28.5 Å². The zero-order valence-corrected chi connectivity index (χ0v) is 13.0. The molecule has 1 heterocycles. The van der Waals surface area contributed by atoms with Gasteiger partial charge in [-0.15, -0.1) is 0 Å². The van der Waals surface area contributed by atoms with Gasteiger partial charge in [-0.2, -0.15) is 0 Å². The predicted octanol–water partition coefficient (Wildman–Crippen LogP) is 3.22. The monoisotopic (exact) mass is 344 g/mol. The number of carbonyl (C=O) groups excluding carboxylic acids is 2. The molecular formula is C16H13BrN2O2. The van der Waals surface area contributed by atoms with Crippen LogP contribution >= 0.6 is 15.9 Å². The van der Waals surface area contributed by atoms with E-state index in [2.05, 4.69) is 21.2 Å². The van der Waals surface area contributed by atoms with Crippen LogP contribution in [0.25, 0.3) is 0 Å². The van der Waals surface area contributed by atoms with Crippen molar-refractivity contribution in [2.75, 3.05) is 17.3 Å². The Hall–Kier alpha value is -2.14. The number of hydrogen-bond acceptors (Lipinski definition) is 2. The molecule has 1 aliphatic rings. The standard InChI is InChI=1S/C16H13BrN2O2/c1-19-14-6-5-13(8-11(14)9-15(19)20)18-16(21)10-3-2-4-12(17)7-10/h2-8H,9H2,1H3,(H,18,21). The molecule has 0 spiro atoms. The average molecular weight is 345 g/mol. The number of hydrogen-bond donors (Lipinski definition) is 1. The Bertz CT molecular complexity index is 743. The van der Waals surface area contributed by atoms with E-state index in [9.17, 15) is 9.59 Å². The van der Waals surface area contributed by atoms with Crippen LogP contribution in [0.5, 0.6) is 0 Å². The minimum absolute atomic E-state index is 0.0699. The summed E-state index contributed by atoms with van der Waals surface area (Å²) in [5, 5.41) is 2.86. The summed E-state index contributed by atoms with van der Waals surface area (Å²) in [6, 6.07) is 12.7. The highest BCUT2D eigenvalue weighted by Gasteiger charge is 2.24. The lowest BCUT2D eigenvalue weighted by Crippen LogP contribution is -2.20. The first-order valence-electron chi connectivity index (χ1n) is 6.51. The third-order valence-electron chi connectivity index (χ3n) is 3.50. The van der Waals surface area contributed by atoms with Crippen molar-refractivity contribution in [3.8, 4) is 0 Å². The molecule has 2 aromatic carbocycles. The number of halogens is 1. The summed E-state index contributed by atoms with van der Waals surface area (Å²) in [6.45, 7) is 0. The maximum atomic E-state index is 12.2. The Labute approximate surface area is 130 Å². The maximum absolute atomic E-state index is 12.2. The largest absolute Gasteiger partial charge is 0.322 e. The molecule has 0 fully saturated rings. The summed E-state index contributed by atoms with van der Waals surface area (Å²) in [7, 11) is 1.76. The number of nitrogens with one attached hydrogen (secondary N) is 1. The predicted molar refractivity (Wildman–Crippen MR) is 85.7 cm³/mol. The lowest BCUT2D eigenvalue weighted by Gasteiger charge is -2.11. The Morgan fingerprint density at radius 1 is 1.24 bits per heavy atom. The summed E-state index contributed by atoms with van der Waals surface area (Å²) < 4.78 is 0.858. The first kappa shape index (κ1) is 13.8. The first-order chi connectivity index (χ1) is 10.0. The van der Waals surface area contributed by atoms with Gasteiger partial charge < -0.3 is 10.2 Å². The summed E-state index contributed by atoms with van der Waals surface area (Å²) in [5.41, 5.74) is 3.12. The number of rotatable bonds is 2. The average Bonchev–Trinajstić information content (AvgIpc) is 2.73. The number of fused-ring (bicyclic) bond motifs is 1. The van der Waals surface area contributed by atoms with Crippen molar-refractivity contribution in [3.05, 3.63) is 58.1 Å². The van der Waals surface area contributed by atoms with E-state index >= 15 is 0 Å². The van der Waals surface area contributed by atoms with E-state index in [0.29, 0.717) is 17.7 Å². The third kappa shape index (κ3) is 2.69. The molecule has 2 aromatic rings. The SMILES string of the molecule is CN1C(=O)Cc2cc(NC(=O)c3cccc(Br)c3)ccc21. The Morgan fingerprint density at radius 3 is 2.81 bits per heavy atom. The molecule has 0 bridgehead atoms. The molecular weight excluding hydrogens is 332 g/mol. The second kappa shape index (κ2) is 5.33. The van der Waals surface area contributed by atoms with Crippen LogP contribution in [0, 0.1) is 0 Å². The highest BCUT2D eigenvalue weighted by Crippen LogP contribution is 2.30. The van der Waals surface area contributed by atoms with Gasteiger partial charge in [0.05, 0.1) is 6.42 Å². The fourth-order valence-electron chi connectivity index (χ4n) is 2.38. The molecule has 0 saturated heterocycles. The van der Waals surface area contributed by atoms with E-state index in [1.165, 1.54) is 0 Å². The van der Waals surface area contributed by atoms with Crippen LogP contribution in [-0.4, -0.2) is 18.9 Å². The van der Waals surface area contributed by atoms with Crippen LogP contribution in [0.2, 0.25) is 0 Å². The van der Waals surface area contributed by atoms with Gasteiger partial charge >= 0.3 is 0 Å². The topological polar surface area (TPSA) is 49.4 Å². The van der Waals surface area contributed by atoms with Gasteiger partial charge in [-0.1, -0.05) is 22.0 Å². The molecule has 0 saturated carbocycles. The van der Waals surface area contributed by atoms with Crippen LogP contribution in [-0.2, 0) is 11.2 Å². The van der Waals surface area contributed by atoms with Gasteiger partial charge in [-0.05, 0) is 42.0 Å². The quantitative estimate of drug-likeness (QED) is 0.909. The first-order valence-corrected chi connectivity index (χ1v) is 7.30. The maximum Gasteiger partial charge on any atom is 0.255 e. The zero-order chi connectivity index (χ0) is 15.0. The molecule has 21 heavy (non-hydrogen) atoms. The molecule has 0 unspecified atom stereocenters. The lowest BCUT2D eigenvalue weighted by atomic mass is 10.1. The van der Waals surface area contributed by atoms with Crippen molar-refractivity contribution in [1.82, 2.24) is 0 Å². The van der Waals surface area contributed by atoms with E-state index in [0.717, 1.165) is 15.7 Å². The highest BCUT2D eigenvalue weighted by molar-refractivity contribution is 9.10. The molecule has 0 atom stereocenters. The van der Waals surface area contributed by atoms with E-state index in [-0.39, 0.29) is 11.8 Å². The van der Waals surface area contributed by atoms with Crippen LogP contribution in [0.4, 0.5) is 11.4 Å². The van der Waals surface area contributed by atoms with Crippen molar-refractivity contribution >= 4 is 39.1 Å². The van der Waals surface area contributed by atoms with Crippen LogP contribution in [0.15, 0.2) is 46.9 Å². The van der Waals surface area contributed by atoms with Crippen molar-refractivity contribution in [3.63, 3.8) is 0 Å². The number of benzene rings is 2. The van der Waals surface area contributed by atoms with Crippen LogP contribution in [0.3, 0.4) is 0 Å². The molecule has 0 aromatic heterocycles. The van der Waals surface area contributed by atoms with Crippen molar-refractivity contribution in [2.45, 2.75) is 6.42 Å². The van der Waals surface area contributed by atoms with E-state index in [1.807, 2.05) is 30.3 Å². The number of nitrogens with zero attached hydrogens (tertiary/aromatic N) is 1. The molecule has 1 N–H and O–H groups in total. The number of amides is 2. The van der Waals surface area contributed by atoms with Gasteiger partial charge in [-0.3, -0.25) is 9.59 Å². The van der Waals surface area contributed by atoms with Gasteiger partial charge in [0.2, 0.25) is 5.91 Å².